The number of carbonyl (C=O) groups is 1. The van der Waals surface area contributed by atoms with E-state index < -0.39 is 0 Å². The molecule has 3 heteroatoms. The van der Waals surface area contributed by atoms with Crippen LogP contribution in [0.1, 0.15) is 31.7 Å². The molecule has 3 rings (SSSR count). The summed E-state index contributed by atoms with van der Waals surface area (Å²) in [5.41, 5.74) is 2.36. The van der Waals surface area contributed by atoms with Crippen molar-refractivity contribution in [2.24, 2.45) is 11.8 Å². The van der Waals surface area contributed by atoms with Crippen LogP contribution in [0.4, 0.5) is 5.69 Å². The van der Waals surface area contributed by atoms with Crippen LogP contribution >= 0.6 is 0 Å². The minimum Gasteiger partial charge on any atom is -0.497 e. The number of fused-ring (bicyclic) bond motifs is 1. The smallest absolute Gasteiger partial charge is 0.230 e. The maximum absolute atomic E-state index is 12.4. The van der Waals surface area contributed by atoms with E-state index in [1.807, 2.05) is 17.0 Å². The van der Waals surface area contributed by atoms with Crippen molar-refractivity contribution in [2.75, 3.05) is 18.6 Å². The average Bonchev–Trinajstić information content (AvgIpc) is 3.29. The molecule has 0 saturated heterocycles. The number of ether oxygens (including phenoxy) is 1. The number of amides is 1. The molecule has 0 aromatic heterocycles. The first-order chi connectivity index (χ1) is 9.22. The van der Waals surface area contributed by atoms with Crippen LogP contribution in [0.3, 0.4) is 0 Å². The molecule has 1 fully saturated rings. The van der Waals surface area contributed by atoms with Crippen LogP contribution in [-0.4, -0.2) is 19.6 Å². The first kappa shape index (κ1) is 12.5. The molecule has 102 valence electrons. The van der Waals surface area contributed by atoms with E-state index in [9.17, 15) is 4.79 Å². The average molecular weight is 259 g/mol. The molecule has 0 bridgehead atoms. The predicted octanol–water partition coefficient (Wildman–Crippen LogP) is 3.02. The second-order valence-corrected chi connectivity index (χ2v) is 5.70. The normalized spacial score (nSPS) is 22.0. The van der Waals surface area contributed by atoms with Gasteiger partial charge in [0.25, 0.3) is 0 Å². The minimum absolute atomic E-state index is 0.283. The number of carbonyl (C=O) groups excluding carboxylic acids is 1. The highest BCUT2D eigenvalue weighted by Gasteiger charge is 2.37. The van der Waals surface area contributed by atoms with Crippen molar-refractivity contribution >= 4 is 11.6 Å². The van der Waals surface area contributed by atoms with E-state index >= 15 is 0 Å². The fourth-order valence-corrected chi connectivity index (χ4v) is 2.88. The van der Waals surface area contributed by atoms with Gasteiger partial charge in [-0.05, 0) is 48.9 Å². The topological polar surface area (TPSA) is 29.5 Å². The van der Waals surface area contributed by atoms with Gasteiger partial charge in [0.2, 0.25) is 5.91 Å². The molecule has 1 amide bonds. The summed E-state index contributed by atoms with van der Waals surface area (Å²) in [6.07, 6.45) is 4.30. The number of benzene rings is 1. The standard InChI is InChI=1S/C16H21NO2/c1-3-11-8-13-9-14(19-2)6-7-15(13)17(10-11)16(18)12-4-5-12/h6-7,9,11-12H,3-5,8,10H2,1-2H3. The monoisotopic (exact) mass is 259 g/mol. The van der Waals surface area contributed by atoms with Gasteiger partial charge in [-0.2, -0.15) is 0 Å². The van der Waals surface area contributed by atoms with E-state index in [1.54, 1.807) is 7.11 Å². The molecule has 1 aromatic carbocycles. The Morgan fingerprint density at radius 1 is 1.42 bits per heavy atom. The fourth-order valence-electron chi connectivity index (χ4n) is 2.88. The van der Waals surface area contributed by atoms with Crippen molar-refractivity contribution in [1.29, 1.82) is 0 Å². The predicted molar refractivity (Wildman–Crippen MR) is 75.6 cm³/mol. The summed E-state index contributed by atoms with van der Waals surface area (Å²) in [4.78, 5) is 14.5. The number of anilines is 1. The van der Waals surface area contributed by atoms with Crippen LogP contribution in [0, 0.1) is 11.8 Å². The Bertz CT molecular complexity index is 494. The molecule has 1 unspecified atom stereocenters. The number of methoxy groups -OCH3 is 1. The lowest BCUT2D eigenvalue weighted by molar-refractivity contribution is -0.120. The van der Waals surface area contributed by atoms with E-state index in [-0.39, 0.29) is 5.92 Å². The zero-order valence-corrected chi connectivity index (χ0v) is 11.7. The van der Waals surface area contributed by atoms with Crippen LogP contribution < -0.4 is 9.64 Å². The summed E-state index contributed by atoms with van der Waals surface area (Å²) < 4.78 is 5.30. The number of rotatable bonds is 3. The van der Waals surface area contributed by atoms with Gasteiger partial charge in [0.05, 0.1) is 7.11 Å². The molecule has 19 heavy (non-hydrogen) atoms. The summed E-state index contributed by atoms with van der Waals surface area (Å²) in [6.45, 7) is 3.08. The summed E-state index contributed by atoms with van der Waals surface area (Å²) in [7, 11) is 1.69. The van der Waals surface area contributed by atoms with Gasteiger partial charge in [-0.15, -0.1) is 0 Å². The second kappa shape index (κ2) is 4.87. The van der Waals surface area contributed by atoms with Gasteiger partial charge in [0, 0.05) is 18.2 Å². The first-order valence-corrected chi connectivity index (χ1v) is 7.21. The zero-order chi connectivity index (χ0) is 13.4. The maximum Gasteiger partial charge on any atom is 0.230 e. The molecule has 0 N–H and O–H groups in total. The van der Waals surface area contributed by atoms with Gasteiger partial charge >= 0.3 is 0 Å². The Hall–Kier alpha value is -1.51. The Labute approximate surface area is 114 Å². The third kappa shape index (κ3) is 2.34. The highest BCUT2D eigenvalue weighted by molar-refractivity contribution is 5.97. The third-order valence-corrected chi connectivity index (χ3v) is 4.30. The molecule has 1 aliphatic carbocycles. The number of hydrogen-bond donors (Lipinski definition) is 0. The summed E-state index contributed by atoms with van der Waals surface area (Å²) in [5, 5.41) is 0. The van der Waals surface area contributed by atoms with Crippen molar-refractivity contribution < 1.29 is 9.53 Å². The van der Waals surface area contributed by atoms with E-state index in [0.717, 1.165) is 43.7 Å². The summed E-state index contributed by atoms with van der Waals surface area (Å²) >= 11 is 0. The van der Waals surface area contributed by atoms with Crippen LogP contribution in [0.25, 0.3) is 0 Å². The molecular weight excluding hydrogens is 238 g/mol. The largest absolute Gasteiger partial charge is 0.497 e. The molecule has 1 aliphatic heterocycles. The van der Waals surface area contributed by atoms with E-state index in [1.165, 1.54) is 5.56 Å². The van der Waals surface area contributed by atoms with Crippen molar-refractivity contribution in [1.82, 2.24) is 0 Å². The van der Waals surface area contributed by atoms with Crippen molar-refractivity contribution in [3.8, 4) is 5.75 Å². The quantitative estimate of drug-likeness (QED) is 0.835. The highest BCUT2D eigenvalue weighted by Crippen LogP contribution is 2.38. The highest BCUT2D eigenvalue weighted by atomic mass is 16.5. The Morgan fingerprint density at radius 2 is 2.21 bits per heavy atom. The van der Waals surface area contributed by atoms with Gasteiger partial charge in [-0.25, -0.2) is 0 Å². The first-order valence-electron chi connectivity index (χ1n) is 7.21. The Kier molecular flexibility index (Phi) is 3.21. The van der Waals surface area contributed by atoms with Crippen LogP contribution in [0.5, 0.6) is 5.75 Å². The maximum atomic E-state index is 12.4. The lowest BCUT2D eigenvalue weighted by Crippen LogP contribution is -2.40. The van der Waals surface area contributed by atoms with E-state index in [4.69, 9.17) is 4.74 Å². The lowest BCUT2D eigenvalue weighted by atomic mass is 9.90. The van der Waals surface area contributed by atoms with E-state index in [0.29, 0.717) is 11.8 Å². The molecule has 2 aliphatic rings. The Balaban J connectivity index is 1.95. The second-order valence-electron chi connectivity index (χ2n) is 5.70. The summed E-state index contributed by atoms with van der Waals surface area (Å²) in [6, 6.07) is 6.09. The van der Waals surface area contributed by atoms with Gasteiger partial charge in [0.15, 0.2) is 0 Å². The van der Waals surface area contributed by atoms with Crippen molar-refractivity contribution in [3.05, 3.63) is 23.8 Å². The van der Waals surface area contributed by atoms with Crippen LogP contribution in [-0.2, 0) is 11.2 Å². The fraction of sp³-hybridized carbons (Fsp3) is 0.562. The van der Waals surface area contributed by atoms with Crippen LogP contribution in [0.2, 0.25) is 0 Å². The molecule has 1 aromatic rings. The van der Waals surface area contributed by atoms with Crippen molar-refractivity contribution in [2.45, 2.75) is 32.6 Å². The molecular formula is C16H21NO2. The zero-order valence-electron chi connectivity index (χ0n) is 11.7. The third-order valence-electron chi connectivity index (χ3n) is 4.30. The number of hydrogen-bond acceptors (Lipinski definition) is 2. The lowest BCUT2D eigenvalue weighted by Gasteiger charge is -2.34. The number of nitrogens with zero attached hydrogens (tertiary/aromatic N) is 1. The Morgan fingerprint density at radius 3 is 2.84 bits per heavy atom. The molecule has 1 atom stereocenters. The molecule has 0 spiro atoms. The summed E-state index contributed by atoms with van der Waals surface area (Å²) in [5.74, 6) is 2.06. The van der Waals surface area contributed by atoms with Crippen molar-refractivity contribution in [3.63, 3.8) is 0 Å². The van der Waals surface area contributed by atoms with Gasteiger partial charge in [-0.3, -0.25) is 4.79 Å². The SMILES string of the molecule is CCC1Cc2cc(OC)ccc2N(C(=O)C2CC2)C1. The molecule has 0 radical (unpaired) electrons. The molecule has 1 saturated carbocycles. The van der Waals surface area contributed by atoms with Gasteiger partial charge in [0.1, 0.15) is 5.75 Å². The minimum atomic E-state index is 0.283. The van der Waals surface area contributed by atoms with Crippen LogP contribution in [0.15, 0.2) is 18.2 Å². The van der Waals surface area contributed by atoms with Gasteiger partial charge in [-0.1, -0.05) is 13.3 Å². The van der Waals surface area contributed by atoms with Gasteiger partial charge < -0.3 is 9.64 Å². The molecule has 1 heterocycles. The van der Waals surface area contributed by atoms with E-state index in [2.05, 4.69) is 13.0 Å². The molecule has 3 nitrogen and oxygen atoms in total.